The number of anilines is 2. The Hall–Kier alpha value is -2.45. The average molecular weight is 385 g/mol. The van der Waals surface area contributed by atoms with Crippen molar-refractivity contribution in [2.75, 3.05) is 36.4 Å². The Labute approximate surface area is 163 Å². The summed E-state index contributed by atoms with van der Waals surface area (Å²) in [6.45, 7) is 3.58. The van der Waals surface area contributed by atoms with Crippen molar-refractivity contribution < 1.29 is 9.42 Å². The zero-order chi connectivity index (χ0) is 18.9. The Bertz CT molecular complexity index is 848. The summed E-state index contributed by atoms with van der Waals surface area (Å²) in [7, 11) is 0. The highest BCUT2D eigenvalue weighted by Gasteiger charge is 2.29. The maximum Gasteiger partial charge on any atom is 0.245 e. The predicted molar refractivity (Wildman–Crippen MR) is 104 cm³/mol. The first-order chi connectivity index (χ1) is 13.8. The standard InChI is InChI=1S/C19H27N7O2/c27-15-8-4-9-25(15)11-13-5-3-10-26(12-13)19-18(20-14-6-1-2-7-14)21-16-17(22-19)24-28-23-16/h13-14H,1-12H2,(H,20,21,23)/t13-/m1/s1. The fraction of sp³-hybridized carbons (Fsp3) is 0.737. The van der Waals surface area contributed by atoms with Crippen molar-refractivity contribution in [3.05, 3.63) is 0 Å². The van der Waals surface area contributed by atoms with Crippen molar-refractivity contribution in [1.82, 2.24) is 25.2 Å². The summed E-state index contributed by atoms with van der Waals surface area (Å²) < 4.78 is 4.84. The van der Waals surface area contributed by atoms with Crippen molar-refractivity contribution >= 4 is 28.8 Å². The van der Waals surface area contributed by atoms with Gasteiger partial charge in [0.1, 0.15) is 0 Å². The Balaban J connectivity index is 1.37. The molecule has 3 aliphatic rings. The van der Waals surface area contributed by atoms with Crippen molar-refractivity contribution in [2.24, 2.45) is 5.92 Å². The van der Waals surface area contributed by atoms with Crippen LogP contribution in [0.25, 0.3) is 11.3 Å². The molecule has 1 atom stereocenters. The first kappa shape index (κ1) is 17.6. The molecule has 0 radical (unpaired) electrons. The second kappa shape index (κ2) is 7.52. The van der Waals surface area contributed by atoms with Gasteiger partial charge in [0.2, 0.25) is 17.2 Å². The number of likely N-dealkylation sites (tertiary alicyclic amines) is 1. The average Bonchev–Trinajstić information content (AvgIpc) is 3.45. The van der Waals surface area contributed by atoms with Crippen LogP contribution in [0.3, 0.4) is 0 Å². The quantitative estimate of drug-likeness (QED) is 0.836. The van der Waals surface area contributed by atoms with Crippen LogP contribution < -0.4 is 10.2 Å². The molecule has 2 saturated heterocycles. The molecule has 2 aliphatic heterocycles. The highest BCUT2D eigenvalue weighted by atomic mass is 16.6. The minimum Gasteiger partial charge on any atom is -0.364 e. The van der Waals surface area contributed by atoms with Crippen molar-refractivity contribution in [1.29, 1.82) is 0 Å². The van der Waals surface area contributed by atoms with Crippen LogP contribution in [0, 0.1) is 5.92 Å². The molecule has 150 valence electrons. The van der Waals surface area contributed by atoms with Crippen molar-refractivity contribution in [3.8, 4) is 0 Å². The molecule has 1 saturated carbocycles. The van der Waals surface area contributed by atoms with Gasteiger partial charge in [0, 0.05) is 38.6 Å². The predicted octanol–water partition coefficient (Wildman–Crippen LogP) is 2.21. The van der Waals surface area contributed by atoms with E-state index in [9.17, 15) is 4.79 Å². The summed E-state index contributed by atoms with van der Waals surface area (Å²) in [5.74, 6) is 2.39. The lowest BCUT2D eigenvalue weighted by molar-refractivity contribution is -0.128. The van der Waals surface area contributed by atoms with E-state index in [1.54, 1.807) is 0 Å². The number of aromatic nitrogens is 4. The number of rotatable bonds is 5. The molecule has 2 aromatic heterocycles. The highest BCUT2D eigenvalue weighted by molar-refractivity contribution is 5.78. The van der Waals surface area contributed by atoms with E-state index < -0.39 is 0 Å². The van der Waals surface area contributed by atoms with Gasteiger partial charge in [-0.1, -0.05) is 12.8 Å². The van der Waals surface area contributed by atoms with Gasteiger partial charge in [0.15, 0.2) is 11.6 Å². The number of carbonyl (C=O) groups is 1. The molecule has 1 amide bonds. The van der Waals surface area contributed by atoms with E-state index in [0.29, 0.717) is 35.6 Å². The third-order valence-corrected chi connectivity index (χ3v) is 6.26. The van der Waals surface area contributed by atoms with E-state index in [4.69, 9.17) is 9.61 Å². The van der Waals surface area contributed by atoms with Crippen molar-refractivity contribution in [3.63, 3.8) is 0 Å². The molecule has 9 nitrogen and oxygen atoms in total. The molecular formula is C19H27N7O2. The lowest BCUT2D eigenvalue weighted by atomic mass is 9.97. The lowest BCUT2D eigenvalue weighted by Gasteiger charge is -2.36. The molecule has 0 aromatic carbocycles. The van der Waals surface area contributed by atoms with Crippen LogP contribution in [-0.4, -0.2) is 63.3 Å². The summed E-state index contributed by atoms with van der Waals surface area (Å²) in [6, 6.07) is 0.438. The third kappa shape index (κ3) is 3.49. The van der Waals surface area contributed by atoms with Crippen LogP contribution in [0.2, 0.25) is 0 Å². The monoisotopic (exact) mass is 385 g/mol. The van der Waals surface area contributed by atoms with Crippen LogP contribution in [0.1, 0.15) is 51.4 Å². The van der Waals surface area contributed by atoms with Crippen molar-refractivity contribution in [2.45, 2.75) is 57.4 Å². The Morgan fingerprint density at radius 2 is 1.82 bits per heavy atom. The Morgan fingerprint density at radius 1 is 1.00 bits per heavy atom. The van der Waals surface area contributed by atoms with E-state index in [0.717, 1.165) is 69.9 Å². The van der Waals surface area contributed by atoms with Gasteiger partial charge in [0.05, 0.1) is 0 Å². The largest absolute Gasteiger partial charge is 0.364 e. The Kier molecular flexibility index (Phi) is 4.74. The van der Waals surface area contributed by atoms with Gasteiger partial charge in [-0.3, -0.25) is 4.79 Å². The second-order valence-electron chi connectivity index (χ2n) is 8.33. The zero-order valence-electron chi connectivity index (χ0n) is 16.1. The van der Waals surface area contributed by atoms with Gasteiger partial charge in [0.25, 0.3) is 0 Å². The number of carbonyl (C=O) groups excluding carboxylic acids is 1. The number of piperidine rings is 1. The van der Waals surface area contributed by atoms with E-state index >= 15 is 0 Å². The summed E-state index contributed by atoms with van der Waals surface area (Å²) in [6.07, 6.45) is 8.76. The summed E-state index contributed by atoms with van der Waals surface area (Å²) >= 11 is 0. The number of hydrogen-bond donors (Lipinski definition) is 1. The first-order valence-electron chi connectivity index (χ1n) is 10.6. The van der Waals surface area contributed by atoms with Gasteiger partial charge in [-0.25, -0.2) is 14.6 Å². The molecule has 0 unspecified atom stereocenters. The van der Waals surface area contributed by atoms with Crippen LogP contribution in [0.15, 0.2) is 4.63 Å². The number of fused-ring (bicyclic) bond motifs is 1. The lowest BCUT2D eigenvalue weighted by Crippen LogP contribution is -2.42. The molecule has 9 heteroatoms. The summed E-state index contributed by atoms with van der Waals surface area (Å²) in [4.78, 5) is 25.7. The summed E-state index contributed by atoms with van der Waals surface area (Å²) in [5, 5.41) is 11.4. The molecule has 1 aliphatic carbocycles. The minimum atomic E-state index is 0.301. The van der Waals surface area contributed by atoms with E-state index in [1.165, 1.54) is 12.8 Å². The fourth-order valence-electron chi connectivity index (χ4n) is 4.83. The molecular weight excluding hydrogens is 358 g/mol. The van der Waals surface area contributed by atoms with E-state index in [-0.39, 0.29) is 0 Å². The highest BCUT2D eigenvalue weighted by Crippen LogP contribution is 2.31. The molecule has 4 heterocycles. The summed E-state index contributed by atoms with van der Waals surface area (Å²) in [5.41, 5.74) is 0.893. The number of amides is 1. The van der Waals surface area contributed by atoms with Gasteiger partial charge in [-0.2, -0.15) is 0 Å². The molecule has 2 aromatic rings. The molecule has 1 N–H and O–H groups in total. The first-order valence-corrected chi connectivity index (χ1v) is 10.6. The molecule has 3 fully saturated rings. The smallest absolute Gasteiger partial charge is 0.245 e. The van der Waals surface area contributed by atoms with Gasteiger partial charge >= 0.3 is 0 Å². The van der Waals surface area contributed by atoms with Gasteiger partial charge in [-0.05, 0) is 48.3 Å². The molecule has 0 spiro atoms. The van der Waals surface area contributed by atoms with Crippen LogP contribution in [-0.2, 0) is 4.79 Å². The van der Waals surface area contributed by atoms with Gasteiger partial charge < -0.3 is 15.1 Å². The SMILES string of the molecule is O=C1CCCN1C[C@H]1CCCN(c2nc3nonc3nc2NC2CCCC2)C1. The molecule has 28 heavy (non-hydrogen) atoms. The molecule has 0 bridgehead atoms. The van der Waals surface area contributed by atoms with E-state index in [2.05, 4.69) is 25.5 Å². The number of nitrogens with one attached hydrogen (secondary N) is 1. The number of nitrogens with zero attached hydrogens (tertiary/aromatic N) is 6. The Morgan fingerprint density at radius 3 is 2.61 bits per heavy atom. The minimum absolute atomic E-state index is 0.301. The van der Waals surface area contributed by atoms with Crippen LogP contribution in [0.4, 0.5) is 11.6 Å². The zero-order valence-corrected chi connectivity index (χ0v) is 16.1. The molecule has 5 rings (SSSR count). The van der Waals surface area contributed by atoms with Crippen LogP contribution in [0.5, 0.6) is 0 Å². The maximum atomic E-state index is 12.0. The number of hydrogen-bond acceptors (Lipinski definition) is 8. The normalized spacial score (nSPS) is 23.9. The maximum absolute atomic E-state index is 12.0. The van der Waals surface area contributed by atoms with Gasteiger partial charge in [-0.15, -0.1) is 0 Å². The fourth-order valence-corrected chi connectivity index (χ4v) is 4.83. The third-order valence-electron chi connectivity index (χ3n) is 6.26. The van der Waals surface area contributed by atoms with Crippen LogP contribution >= 0.6 is 0 Å². The topological polar surface area (TPSA) is 100 Å². The van der Waals surface area contributed by atoms with E-state index in [1.807, 2.05) is 4.90 Å². The second-order valence-corrected chi connectivity index (χ2v) is 8.33.